The molecule has 0 radical (unpaired) electrons. The molecule has 1 aromatic carbocycles. The fourth-order valence-corrected chi connectivity index (χ4v) is 4.51. The van der Waals surface area contributed by atoms with Crippen molar-refractivity contribution in [2.75, 3.05) is 12.3 Å². The van der Waals surface area contributed by atoms with E-state index in [1.54, 1.807) is 30.1 Å². The van der Waals surface area contributed by atoms with Gasteiger partial charge in [-0.15, -0.1) is 0 Å². The number of aliphatic hydroxyl groups is 2. The summed E-state index contributed by atoms with van der Waals surface area (Å²) in [7, 11) is 0. The number of nitrogens with two attached hydrogens (primary N) is 1. The molecule has 0 spiro atoms. The molecule has 2 atom stereocenters. The maximum absolute atomic E-state index is 13.9. The van der Waals surface area contributed by atoms with Crippen LogP contribution < -0.4 is 10.5 Å². The summed E-state index contributed by atoms with van der Waals surface area (Å²) in [4.78, 5) is 4.20. The van der Waals surface area contributed by atoms with E-state index in [0.717, 1.165) is 5.56 Å². The van der Waals surface area contributed by atoms with Crippen LogP contribution >= 0.6 is 23.2 Å². The number of aromatic nitrogens is 3. The predicted octanol–water partition coefficient (Wildman–Crippen LogP) is 4.18. The number of halogens is 3. The molecule has 0 saturated carbocycles. The lowest BCUT2D eigenvalue weighted by Gasteiger charge is -2.32. The van der Waals surface area contributed by atoms with Crippen molar-refractivity contribution in [1.82, 2.24) is 14.8 Å². The number of pyridine rings is 1. The van der Waals surface area contributed by atoms with Crippen molar-refractivity contribution in [2.45, 2.75) is 38.4 Å². The van der Waals surface area contributed by atoms with Crippen LogP contribution in [0.3, 0.4) is 0 Å². The summed E-state index contributed by atoms with van der Waals surface area (Å²) in [5.74, 6) is -2.24. The minimum absolute atomic E-state index is 0.00607. The first kappa shape index (κ1) is 23.7. The zero-order valence-corrected chi connectivity index (χ0v) is 19.2. The summed E-state index contributed by atoms with van der Waals surface area (Å²) >= 11 is 12.3. The molecule has 33 heavy (non-hydrogen) atoms. The molecule has 0 amide bonds. The molecule has 11 heteroatoms. The molecule has 3 heterocycles. The van der Waals surface area contributed by atoms with Gasteiger partial charge in [0.15, 0.2) is 11.6 Å². The van der Waals surface area contributed by atoms with Crippen molar-refractivity contribution >= 4 is 29.0 Å². The van der Waals surface area contributed by atoms with E-state index < -0.39 is 17.9 Å². The molecule has 176 valence electrons. The Morgan fingerprint density at radius 2 is 2.12 bits per heavy atom. The summed E-state index contributed by atoms with van der Waals surface area (Å²) in [6, 6.07) is 4.32. The standard InChI is InChI=1S/C22H23Cl2FN4O4/c1-12(19-16(23)2-3-17(25)20(19)24)33-18-6-14(8-27-21(18)26)15-9-28-29(11-15)10-13-4-5-32-22(30,31)7-13/h2-3,6,8-9,11-13,30-31H,4-5,7,10H2,1H3,(H2,26,27). The number of hydrogen-bond acceptors (Lipinski definition) is 7. The summed E-state index contributed by atoms with van der Waals surface area (Å²) in [5, 5.41) is 23.9. The first-order valence-corrected chi connectivity index (χ1v) is 11.1. The normalized spacial score (nSPS) is 18.8. The molecule has 4 N–H and O–H groups in total. The van der Waals surface area contributed by atoms with Crippen molar-refractivity contribution in [3.8, 4) is 16.9 Å². The van der Waals surface area contributed by atoms with E-state index in [-0.39, 0.29) is 34.8 Å². The maximum atomic E-state index is 13.9. The zero-order chi connectivity index (χ0) is 23.8. The Hall–Kier alpha value is -2.43. The van der Waals surface area contributed by atoms with Crippen molar-refractivity contribution in [2.24, 2.45) is 5.92 Å². The lowest BCUT2D eigenvalue weighted by molar-refractivity contribution is -0.360. The van der Waals surface area contributed by atoms with Crippen molar-refractivity contribution < 1.29 is 24.1 Å². The number of nitrogens with zero attached hydrogens (tertiary/aromatic N) is 3. The van der Waals surface area contributed by atoms with Gasteiger partial charge in [0.2, 0.25) is 0 Å². The van der Waals surface area contributed by atoms with E-state index in [1.807, 2.05) is 6.20 Å². The van der Waals surface area contributed by atoms with Gasteiger partial charge in [0.05, 0.1) is 17.8 Å². The first-order valence-electron chi connectivity index (χ1n) is 10.3. The Bertz CT molecular complexity index is 1160. The second kappa shape index (κ2) is 9.44. The second-order valence-corrected chi connectivity index (χ2v) is 8.81. The number of rotatable bonds is 6. The van der Waals surface area contributed by atoms with Crippen molar-refractivity contribution in [3.63, 3.8) is 0 Å². The average molecular weight is 497 g/mol. The van der Waals surface area contributed by atoms with Gasteiger partial charge in [-0.3, -0.25) is 4.68 Å². The van der Waals surface area contributed by atoms with Crippen molar-refractivity contribution in [3.05, 3.63) is 58.2 Å². The Kier molecular flexibility index (Phi) is 6.78. The van der Waals surface area contributed by atoms with E-state index in [9.17, 15) is 14.6 Å². The fourth-order valence-electron chi connectivity index (χ4n) is 3.83. The maximum Gasteiger partial charge on any atom is 0.278 e. The average Bonchev–Trinajstić information content (AvgIpc) is 3.20. The van der Waals surface area contributed by atoms with Gasteiger partial charge in [-0.25, -0.2) is 9.37 Å². The van der Waals surface area contributed by atoms with Crippen LogP contribution in [-0.4, -0.2) is 37.6 Å². The largest absolute Gasteiger partial charge is 0.482 e. The third-order valence-electron chi connectivity index (χ3n) is 5.50. The summed E-state index contributed by atoms with van der Waals surface area (Å²) in [5.41, 5.74) is 7.79. The molecule has 1 fully saturated rings. The molecule has 1 saturated heterocycles. The van der Waals surface area contributed by atoms with E-state index in [2.05, 4.69) is 10.1 Å². The highest BCUT2D eigenvalue weighted by molar-refractivity contribution is 6.36. The minimum Gasteiger partial charge on any atom is -0.482 e. The van der Waals surface area contributed by atoms with Gasteiger partial charge in [0.1, 0.15) is 11.9 Å². The van der Waals surface area contributed by atoms with Crippen LogP contribution in [0.25, 0.3) is 11.1 Å². The van der Waals surface area contributed by atoms with Crippen LogP contribution in [-0.2, 0) is 11.3 Å². The Balaban J connectivity index is 1.52. The van der Waals surface area contributed by atoms with Gasteiger partial charge in [0.25, 0.3) is 5.97 Å². The number of benzene rings is 1. The molecule has 4 rings (SSSR count). The van der Waals surface area contributed by atoms with Gasteiger partial charge in [0, 0.05) is 47.1 Å². The zero-order valence-electron chi connectivity index (χ0n) is 17.7. The van der Waals surface area contributed by atoms with E-state index >= 15 is 0 Å². The highest BCUT2D eigenvalue weighted by Crippen LogP contribution is 2.37. The molecule has 2 aromatic heterocycles. The van der Waals surface area contributed by atoms with Gasteiger partial charge in [-0.1, -0.05) is 23.2 Å². The highest BCUT2D eigenvalue weighted by Gasteiger charge is 2.33. The summed E-state index contributed by atoms with van der Waals surface area (Å²) in [6.45, 7) is 2.46. The number of ether oxygens (including phenoxy) is 2. The Morgan fingerprint density at radius 1 is 1.33 bits per heavy atom. The van der Waals surface area contributed by atoms with Gasteiger partial charge in [-0.2, -0.15) is 5.10 Å². The molecule has 8 nitrogen and oxygen atoms in total. The number of hydrogen-bond donors (Lipinski definition) is 3. The quantitative estimate of drug-likeness (QED) is 0.346. The molecule has 0 bridgehead atoms. The molecule has 1 aliphatic heterocycles. The van der Waals surface area contributed by atoms with E-state index in [0.29, 0.717) is 29.8 Å². The van der Waals surface area contributed by atoms with Crippen LogP contribution in [0.5, 0.6) is 5.75 Å². The monoisotopic (exact) mass is 496 g/mol. The molecular formula is C22H23Cl2FN4O4. The first-order chi connectivity index (χ1) is 15.6. The van der Waals surface area contributed by atoms with Crippen LogP contribution in [0.15, 0.2) is 36.8 Å². The highest BCUT2D eigenvalue weighted by atomic mass is 35.5. The van der Waals surface area contributed by atoms with Gasteiger partial charge in [-0.05, 0) is 37.5 Å². The SMILES string of the molecule is CC(Oc1cc(-c2cnn(CC3CCOC(O)(O)C3)c2)cnc1N)c1c(Cl)ccc(F)c1Cl. The Labute approximate surface area is 199 Å². The number of anilines is 1. The molecule has 3 aromatic rings. The van der Waals surface area contributed by atoms with Crippen LogP contribution in [0, 0.1) is 11.7 Å². The van der Waals surface area contributed by atoms with Crippen LogP contribution in [0.4, 0.5) is 10.2 Å². The van der Waals surface area contributed by atoms with E-state index in [1.165, 1.54) is 12.1 Å². The smallest absolute Gasteiger partial charge is 0.278 e. The topological polar surface area (TPSA) is 116 Å². The molecule has 0 aliphatic carbocycles. The molecule has 2 unspecified atom stereocenters. The second-order valence-electron chi connectivity index (χ2n) is 8.03. The van der Waals surface area contributed by atoms with Crippen LogP contribution in [0.2, 0.25) is 10.0 Å². The molecular weight excluding hydrogens is 474 g/mol. The van der Waals surface area contributed by atoms with Gasteiger partial charge >= 0.3 is 0 Å². The summed E-state index contributed by atoms with van der Waals surface area (Å²) in [6.07, 6.45) is 5.21. The lowest BCUT2D eigenvalue weighted by atomic mass is 9.98. The Morgan fingerprint density at radius 3 is 2.88 bits per heavy atom. The van der Waals surface area contributed by atoms with Gasteiger partial charge < -0.3 is 25.4 Å². The fraction of sp³-hybridized carbons (Fsp3) is 0.364. The van der Waals surface area contributed by atoms with Crippen molar-refractivity contribution in [1.29, 1.82) is 0 Å². The number of nitrogen functional groups attached to an aromatic ring is 1. The van der Waals surface area contributed by atoms with Crippen LogP contribution in [0.1, 0.15) is 31.4 Å². The minimum atomic E-state index is -2.10. The summed E-state index contributed by atoms with van der Waals surface area (Å²) < 4.78 is 26.5. The molecule has 1 aliphatic rings. The van der Waals surface area contributed by atoms with E-state index in [4.69, 9.17) is 38.4 Å². The lowest BCUT2D eigenvalue weighted by Crippen LogP contribution is -2.40. The third kappa shape index (κ3) is 5.39. The predicted molar refractivity (Wildman–Crippen MR) is 121 cm³/mol. The third-order valence-corrected chi connectivity index (χ3v) is 6.21.